The van der Waals surface area contributed by atoms with Gasteiger partial charge in [-0.3, -0.25) is 9.59 Å². The van der Waals surface area contributed by atoms with Gasteiger partial charge in [0.25, 0.3) is 0 Å². The van der Waals surface area contributed by atoms with E-state index in [0.717, 1.165) is 0 Å². The van der Waals surface area contributed by atoms with Gasteiger partial charge in [0, 0.05) is 12.1 Å². The number of benzene rings is 1. The maximum atomic E-state index is 11.7. The third kappa shape index (κ3) is 5.46. The first-order valence-electron chi connectivity index (χ1n) is 6.01. The number of halogens is 1. The summed E-state index contributed by atoms with van der Waals surface area (Å²) in [6.45, 7) is 0.596. The molecule has 6 nitrogen and oxygen atoms in total. The van der Waals surface area contributed by atoms with Crippen LogP contribution in [0, 0.1) is 0 Å². The van der Waals surface area contributed by atoms with Crippen LogP contribution in [0.5, 0.6) is 5.75 Å². The number of carboxylic acids is 1. The Balaban J connectivity index is 2.35. The maximum Gasteiger partial charge on any atom is 0.305 e. The number of aliphatic carboxylic acids is 1. The van der Waals surface area contributed by atoms with Crippen LogP contribution >= 0.6 is 11.6 Å². The van der Waals surface area contributed by atoms with E-state index < -0.39 is 17.9 Å². The molecule has 0 aromatic heterocycles. The average molecular weight is 301 g/mol. The summed E-state index contributed by atoms with van der Waals surface area (Å²) in [7, 11) is 1.55. The van der Waals surface area contributed by atoms with E-state index in [4.69, 9.17) is 27.2 Å². The van der Waals surface area contributed by atoms with Gasteiger partial charge in [0.15, 0.2) is 0 Å². The highest BCUT2D eigenvalue weighted by molar-refractivity contribution is 6.30. The summed E-state index contributed by atoms with van der Waals surface area (Å²) in [6.07, 6.45) is -0.388. The van der Waals surface area contributed by atoms with Gasteiger partial charge in [-0.2, -0.15) is 0 Å². The van der Waals surface area contributed by atoms with Crippen LogP contribution < -0.4 is 10.5 Å². The first kappa shape index (κ1) is 16.3. The fraction of sp³-hybridized carbons (Fsp3) is 0.385. The third-order valence-corrected chi connectivity index (χ3v) is 2.85. The molecule has 0 radical (unpaired) electrons. The number of carboxylic acid groups (broad SMARTS) is 1. The second-order valence-electron chi connectivity index (χ2n) is 4.27. The van der Waals surface area contributed by atoms with E-state index in [1.807, 2.05) is 0 Å². The molecule has 0 fully saturated rings. The highest BCUT2D eigenvalue weighted by atomic mass is 35.5. The van der Waals surface area contributed by atoms with E-state index in [9.17, 15) is 9.59 Å². The molecule has 0 heterocycles. The Kier molecular flexibility index (Phi) is 6.27. The standard InChI is InChI=1S/C13H17ClN2O4/c1-16(13(19)11(15)8-12(17)18)6-7-20-10-4-2-9(14)3-5-10/h2-5,11H,6-8,15H2,1H3,(H,17,18). The Morgan fingerprint density at radius 2 is 2.00 bits per heavy atom. The summed E-state index contributed by atoms with van der Waals surface area (Å²) in [5.74, 6) is -0.881. The quantitative estimate of drug-likeness (QED) is 0.783. The second-order valence-corrected chi connectivity index (χ2v) is 4.70. The van der Waals surface area contributed by atoms with Crippen LogP contribution in [0.15, 0.2) is 24.3 Å². The molecular weight excluding hydrogens is 284 g/mol. The zero-order valence-corrected chi connectivity index (χ0v) is 11.8. The molecule has 0 aliphatic heterocycles. The number of nitrogens with two attached hydrogens (primary N) is 1. The molecular formula is C13H17ClN2O4. The van der Waals surface area contributed by atoms with Crippen molar-refractivity contribution in [3.63, 3.8) is 0 Å². The molecule has 0 saturated heterocycles. The van der Waals surface area contributed by atoms with Gasteiger partial charge in [0.1, 0.15) is 12.4 Å². The summed E-state index contributed by atoms with van der Waals surface area (Å²) in [6, 6.07) is 5.82. The summed E-state index contributed by atoms with van der Waals surface area (Å²) in [5, 5.41) is 9.19. The van der Waals surface area contributed by atoms with Gasteiger partial charge in [0.2, 0.25) is 5.91 Å². The molecule has 0 saturated carbocycles. The van der Waals surface area contributed by atoms with Gasteiger partial charge >= 0.3 is 5.97 Å². The molecule has 1 aromatic rings. The summed E-state index contributed by atoms with van der Waals surface area (Å²) in [5.41, 5.74) is 5.49. The van der Waals surface area contributed by atoms with Crippen LogP contribution in [0.3, 0.4) is 0 Å². The number of rotatable bonds is 7. The molecule has 7 heteroatoms. The number of ether oxygens (including phenoxy) is 1. The number of hydrogen-bond acceptors (Lipinski definition) is 4. The number of nitrogens with zero attached hydrogens (tertiary/aromatic N) is 1. The lowest BCUT2D eigenvalue weighted by Crippen LogP contribution is -2.44. The van der Waals surface area contributed by atoms with Crippen molar-refractivity contribution in [3.8, 4) is 5.75 Å². The van der Waals surface area contributed by atoms with Gasteiger partial charge in [-0.15, -0.1) is 0 Å². The van der Waals surface area contributed by atoms with Crippen molar-refractivity contribution >= 4 is 23.5 Å². The molecule has 0 aliphatic rings. The predicted octanol–water partition coefficient (Wildman–Crippen LogP) is 0.979. The fourth-order valence-electron chi connectivity index (χ4n) is 1.50. The fourth-order valence-corrected chi connectivity index (χ4v) is 1.63. The minimum absolute atomic E-state index is 0.281. The zero-order valence-electron chi connectivity index (χ0n) is 11.1. The van der Waals surface area contributed by atoms with E-state index in [1.54, 1.807) is 31.3 Å². The number of hydrogen-bond donors (Lipinski definition) is 2. The molecule has 20 heavy (non-hydrogen) atoms. The summed E-state index contributed by atoms with van der Waals surface area (Å²) in [4.78, 5) is 23.6. The molecule has 0 spiro atoms. The van der Waals surface area contributed by atoms with Crippen molar-refractivity contribution in [1.29, 1.82) is 0 Å². The number of carbonyl (C=O) groups excluding carboxylic acids is 1. The van der Waals surface area contributed by atoms with Crippen molar-refractivity contribution < 1.29 is 19.4 Å². The van der Waals surface area contributed by atoms with Gasteiger partial charge in [-0.05, 0) is 24.3 Å². The molecule has 1 atom stereocenters. The number of likely N-dealkylation sites (N-methyl/N-ethyl adjacent to an activating group) is 1. The van der Waals surface area contributed by atoms with Crippen molar-refractivity contribution in [2.24, 2.45) is 5.73 Å². The number of carbonyl (C=O) groups is 2. The first-order chi connectivity index (χ1) is 9.40. The van der Waals surface area contributed by atoms with Crippen LogP contribution in [0.4, 0.5) is 0 Å². The third-order valence-electron chi connectivity index (χ3n) is 2.60. The molecule has 1 rings (SSSR count). The van der Waals surface area contributed by atoms with Crippen molar-refractivity contribution in [3.05, 3.63) is 29.3 Å². The second kappa shape index (κ2) is 7.72. The number of amides is 1. The Morgan fingerprint density at radius 1 is 1.40 bits per heavy atom. The molecule has 1 amide bonds. The maximum absolute atomic E-state index is 11.7. The smallest absolute Gasteiger partial charge is 0.305 e. The zero-order chi connectivity index (χ0) is 15.1. The van der Waals surface area contributed by atoms with Crippen molar-refractivity contribution in [2.75, 3.05) is 20.2 Å². The van der Waals surface area contributed by atoms with E-state index in [1.165, 1.54) is 4.90 Å². The predicted molar refractivity (Wildman–Crippen MR) is 74.8 cm³/mol. The largest absolute Gasteiger partial charge is 0.492 e. The lowest BCUT2D eigenvalue weighted by atomic mass is 10.2. The first-order valence-corrected chi connectivity index (χ1v) is 6.38. The van der Waals surface area contributed by atoms with E-state index in [0.29, 0.717) is 17.3 Å². The lowest BCUT2D eigenvalue weighted by molar-refractivity contribution is -0.141. The average Bonchev–Trinajstić information content (AvgIpc) is 2.39. The molecule has 0 aliphatic carbocycles. The normalized spacial score (nSPS) is 11.8. The van der Waals surface area contributed by atoms with E-state index in [-0.39, 0.29) is 13.0 Å². The van der Waals surface area contributed by atoms with Crippen LogP contribution in [0.1, 0.15) is 6.42 Å². The SMILES string of the molecule is CN(CCOc1ccc(Cl)cc1)C(=O)C(N)CC(=O)O. The monoisotopic (exact) mass is 300 g/mol. The van der Waals surface area contributed by atoms with Crippen LogP contribution in [0.2, 0.25) is 5.02 Å². The van der Waals surface area contributed by atoms with Crippen molar-refractivity contribution in [2.45, 2.75) is 12.5 Å². The highest BCUT2D eigenvalue weighted by Gasteiger charge is 2.20. The molecule has 1 unspecified atom stereocenters. The van der Waals surface area contributed by atoms with Crippen LogP contribution in [-0.2, 0) is 9.59 Å². The molecule has 1 aromatic carbocycles. The van der Waals surface area contributed by atoms with Gasteiger partial charge in [-0.25, -0.2) is 0 Å². The Bertz CT molecular complexity index is 464. The van der Waals surface area contributed by atoms with Gasteiger partial charge < -0.3 is 20.5 Å². The summed E-state index contributed by atoms with van der Waals surface area (Å²) >= 11 is 5.74. The van der Waals surface area contributed by atoms with Crippen molar-refractivity contribution in [1.82, 2.24) is 4.90 Å². The minimum atomic E-state index is -1.10. The summed E-state index contributed by atoms with van der Waals surface area (Å²) < 4.78 is 5.43. The van der Waals surface area contributed by atoms with Gasteiger partial charge in [-0.1, -0.05) is 11.6 Å². The lowest BCUT2D eigenvalue weighted by Gasteiger charge is -2.20. The Labute approximate surface area is 122 Å². The van der Waals surface area contributed by atoms with Crippen LogP contribution in [-0.4, -0.2) is 48.1 Å². The molecule has 110 valence electrons. The highest BCUT2D eigenvalue weighted by Crippen LogP contribution is 2.15. The minimum Gasteiger partial charge on any atom is -0.492 e. The topological polar surface area (TPSA) is 92.9 Å². The van der Waals surface area contributed by atoms with E-state index >= 15 is 0 Å². The van der Waals surface area contributed by atoms with E-state index in [2.05, 4.69) is 0 Å². The van der Waals surface area contributed by atoms with Crippen LogP contribution in [0.25, 0.3) is 0 Å². The Hall–Kier alpha value is -1.79. The molecule has 3 N–H and O–H groups in total. The Morgan fingerprint density at radius 3 is 2.55 bits per heavy atom. The van der Waals surface area contributed by atoms with Gasteiger partial charge in [0.05, 0.1) is 19.0 Å². The molecule has 0 bridgehead atoms.